The Morgan fingerprint density at radius 2 is 1.91 bits per heavy atom. The number of rotatable bonds is 5. The number of ether oxygens (including phenoxy) is 1. The van der Waals surface area contributed by atoms with Crippen LogP contribution in [-0.2, 0) is 11.3 Å². The minimum Gasteiger partial charge on any atom is -0.374 e. The fourth-order valence-electron chi connectivity index (χ4n) is 2.38. The van der Waals surface area contributed by atoms with Crippen molar-refractivity contribution < 1.29 is 4.74 Å². The molecule has 0 atom stereocenters. The molecule has 0 spiro atoms. The molecule has 0 bridgehead atoms. The van der Waals surface area contributed by atoms with Crippen LogP contribution in [0.15, 0.2) is 53.3 Å². The molecule has 0 unspecified atom stereocenters. The number of nitrogens with one attached hydrogen (secondary N) is 1. The first-order chi connectivity index (χ1) is 10.8. The molecular formula is C18H18N2O2. The summed E-state index contributed by atoms with van der Waals surface area (Å²) < 4.78 is 5.43. The van der Waals surface area contributed by atoms with Gasteiger partial charge in [-0.3, -0.25) is 4.79 Å². The van der Waals surface area contributed by atoms with Crippen LogP contribution >= 0.6 is 0 Å². The van der Waals surface area contributed by atoms with Crippen LogP contribution in [0.25, 0.3) is 22.0 Å². The van der Waals surface area contributed by atoms with Crippen LogP contribution in [0.4, 0.5) is 0 Å². The van der Waals surface area contributed by atoms with Crippen LogP contribution in [0.5, 0.6) is 0 Å². The van der Waals surface area contributed by atoms with Crippen molar-refractivity contribution in [2.75, 3.05) is 6.61 Å². The van der Waals surface area contributed by atoms with Gasteiger partial charge in [0.25, 0.3) is 5.56 Å². The Labute approximate surface area is 128 Å². The van der Waals surface area contributed by atoms with Gasteiger partial charge in [0.15, 0.2) is 0 Å². The van der Waals surface area contributed by atoms with Crippen molar-refractivity contribution in [1.82, 2.24) is 9.97 Å². The lowest BCUT2D eigenvalue weighted by atomic mass is 10.0. The molecule has 0 fully saturated rings. The Balaban J connectivity index is 1.98. The lowest BCUT2D eigenvalue weighted by Crippen LogP contribution is -2.13. The predicted molar refractivity (Wildman–Crippen MR) is 87.7 cm³/mol. The zero-order valence-electron chi connectivity index (χ0n) is 12.5. The van der Waals surface area contributed by atoms with E-state index < -0.39 is 0 Å². The Hall–Kier alpha value is -2.46. The van der Waals surface area contributed by atoms with Crippen molar-refractivity contribution in [3.8, 4) is 11.1 Å². The molecule has 1 aromatic heterocycles. The van der Waals surface area contributed by atoms with E-state index in [0.29, 0.717) is 29.9 Å². The van der Waals surface area contributed by atoms with Gasteiger partial charge in [0, 0.05) is 6.61 Å². The highest BCUT2D eigenvalue weighted by molar-refractivity contribution is 5.83. The topological polar surface area (TPSA) is 55.0 Å². The molecule has 0 saturated heterocycles. The van der Waals surface area contributed by atoms with Crippen LogP contribution in [0.1, 0.15) is 19.2 Å². The Morgan fingerprint density at radius 1 is 1.09 bits per heavy atom. The number of H-pyrrole nitrogens is 1. The minimum absolute atomic E-state index is 0.127. The molecule has 0 aliphatic carbocycles. The molecular weight excluding hydrogens is 276 g/mol. The van der Waals surface area contributed by atoms with E-state index in [9.17, 15) is 4.79 Å². The van der Waals surface area contributed by atoms with Gasteiger partial charge in [-0.15, -0.1) is 0 Å². The lowest BCUT2D eigenvalue weighted by Gasteiger charge is -2.06. The van der Waals surface area contributed by atoms with Crippen molar-refractivity contribution in [2.45, 2.75) is 20.0 Å². The van der Waals surface area contributed by atoms with Crippen molar-refractivity contribution in [3.63, 3.8) is 0 Å². The molecule has 0 aliphatic heterocycles. The summed E-state index contributed by atoms with van der Waals surface area (Å²) in [6.07, 6.45) is 0.943. The van der Waals surface area contributed by atoms with Gasteiger partial charge in [0.05, 0.1) is 10.9 Å². The number of nitrogens with zero attached hydrogens (tertiary/aromatic N) is 1. The SMILES string of the molecule is CCCOCc1nc2ccc(-c3ccccc3)cc2c(=O)[nH]1. The fraction of sp³-hybridized carbons (Fsp3) is 0.222. The second-order valence-electron chi connectivity index (χ2n) is 5.16. The maximum Gasteiger partial charge on any atom is 0.258 e. The van der Waals surface area contributed by atoms with Crippen LogP contribution in [-0.4, -0.2) is 16.6 Å². The first kappa shape index (κ1) is 14.5. The summed E-state index contributed by atoms with van der Waals surface area (Å²) >= 11 is 0. The maximum absolute atomic E-state index is 12.3. The second-order valence-corrected chi connectivity index (χ2v) is 5.16. The predicted octanol–water partition coefficient (Wildman–Crippen LogP) is 3.52. The second kappa shape index (κ2) is 6.54. The van der Waals surface area contributed by atoms with Gasteiger partial charge < -0.3 is 9.72 Å². The van der Waals surface area contributed by atoms with Gasteiger partial charge in [-0.05, 0) is 29.7 Å². The van der Waals surface area contributed by atoms with Gasteiger partial charge in [0.2, 0.25) is 0 Å². The molecule has 0 saturated carbocycles. The van der Waals surface area contributed by atoms with E-state index in [4.69, 9.17) is 4.74 Å². The lowest BCUT2D eigenvalue weighted by molar-refractivity contribution is 0.116. The quantitative estimate of drug-likeness (QED) is 0.733. The van der Waals surface area contributed by atoms with Crippen molar-refractivity contribution in [2.24, 2.45) is 0 Å². The van der Waals surface area contributed by atoms with Crippen molar-refractivity contribution >= 4 is 10.9 Å². The third-order valence-corrected chi connectivity index (χ3v) is 3.45. The monoisotopic (exact) mass is 294 g/mol. The number of hydrogen-bond acceptors (Lipinski definition) is 3. The molecule has 3 rings (SSSR count). The van der Waals surface area contributed by atoms with Gasteiger partial charge in [-0.25, -0.2) is 4.98 Å². The normalized spacial score (nSPS) is 11.0. The first-order valence-corrected chi connectivity index (χ1v) is 7.44. The zero-order valence-corrected chi connectivity index (χ0v) is 12.5. The molecule has 112 valence electrons. The van der Waals surface area contributed by atoms with E-state index in [0.717, 1.165) is 17.5 Å². The third-order valence-electron chi connectivity index (χ3n) is 3.45. The molecule has 1 heterocycles. The largest absolute Gasteiger partial charge is 0.374 e. The maximum atomic E-state index is 12.3. The smallest absolute Gasteiger partial charge is 0.258 e. The number of aromatic amines is 1. The molecule has 4 nitrogen and oxygen atoms in total. The van der Waals surface area contributed by atoms with Crippen molar-refractivity contribution in [3.05, 3.63) is 64.7 Å². The zero-order chi connectivity index (χ0) is 15.4. The van der Waals surface area contributed by atoms with Crippen LogP contribution in [0, 0.1) is 0 Å². The average Bonchev–Trinajstić information content (AvgIpc) is 2.56. The van der Waals surface area contributed by atoms with E-state index in [2.05, 4.69) is 9.97 Å². The summed E-state index contributed by atoms with van der Waals surface area (Å²) in [4.78, 5) is 19.5. The Morgan fingerprint density at radius 3 is 2.68 bits per heavy atom. The summed E-state index contributed by atoms with van der Waals surface area (Å²) in [5, 5.41) is 0.598. The van der Waals surface area contributed by atoms with E-state index >= 15 is 0 Å². The summed E-state index contributed by atoms with van der Waals surface area (Å²) in [7, 11) is 0. The molecule has 0 aliphatic rings. The molecule has 1 N–H and O–H groups in total. The standard InChI is InChI=1S/C18H18N2O2/c1-2-10-22-12-17-19-16-9-8-14(11-15(16)18(21)20-17)13-6-4-3-5-7-13/h3-9,11H,2,10,12H2,1H3,(H,19,20,21). The van der Waals surface area contributed by atoms with E-state index in [1.165, 1.54) is 0 Å². The van der Waals surface area contributed by atoms with Crippen LogP contribution in [0.2, 0.25) is 0 Å². The highest BCUT2D eigenvalue weighted by atomic mass is 16.5. The number of fused-ring (bicyclic) bond motifs is 1. The molecule has 3 aromatic rings. The summed E-state index contributed by atoms with van der Waals surface area (Å²) in [5.74, 6) is 0.568. The Kier molecular flexibility index (Phi) is 4.30. The number of aromatic nitrogens is 2. The fourth-order valence-corrected chi connectivity index (χ4v) is 2.38. The molecule has 0 radical (unpaired) electrons. The number of hydrogen-bond donors (Lipinski definition) is 1. The van der Waals surface area contributed by atoms with E-state index in [1.807, 2.05) is 55.5 Å². The highest BCUT2D eigenvalue weighted by Gasteiger charge is 2.06. The van der Waals surface area contributed by atoms with E-state index in [-0.39, 0.29) is 5.56 Å². The van der Waals surface area contributed by atoms with Crippen molar-refractivity contribution in [1.29, 1.82) is 0 Å². The molecule has 22 heavy (non-hydrogen) atoms. The minimum atomic E-state index is -0.127. The van der Waals surface area contributed by atoms with Gasteiger partial charge in [-0.2, -0.15) is 0 Å². The van der Waals surface area contributed by atoms with E-state index in [1.54, 1.807) is 0 Å². The van der Waals surface area contributed by atoms with Gasteiger partial charge in [-0.1, -0.05) is 43.3 Å². The Bertz CT molecular complexity index is 825. The third kappa shape index (κ3) is 3.07. The molecule has 0 amide bonds. The van der Waals surface area contributed by atoms with Gasteiger partial charge in [0.1, 0.15) is 12.4 Å². The summed E-state index contributed by atoms with van der Waals surface area (Å²) in [6.45, 7) is 3.04. The van der Waals surface area contributed by atoms with Crippen LogP contribution < -0.4 is 5.56 Å². The average molecular weight is 294 g/mol. The number of benzene rings is 2. The molecule has 4 heteroatoms. The highest BCUT2D eigenvalue weighted by Crippen LogP contribution is 2.21. The first-order valence-electron chi connectivity index (χ1n) is 7.44. The molecule has 2 aromatic carbocycles. The summed E-state index contributed by atoms with van der Waals surface area (Å²) in [6, 6.07) is 15.7. The van der Waals surface area contributed by atoms with Gasteiger partial charge >= 0.3 is 0 Å². The van der Waals surface area contributed by atoms with Crippen LogP contribution in [0.3, 0.4) is 0 Å². The summed E-state index contributed by atoms with van der Waals surface area (Å²) in [5.41, 5.74) is 2.66.